The second-order valence-corrected chi connectivity index (χ2v) is 6.50. The monoisotopic (exact) mass is 463 g/mol. The van der Waals surface area contributed by atoms with E-state index in [9.17, 15) is 0 Å². The van der Waals surface area contributed by atoms with Crippen LogP contribution in [0.4, 0.5) is 0 Å². The Balaban J connectivity index is 0.00000225. The van der Waals surface area contributed by atoms with Crippen molar-refractivity contribution in [1.29, 1.82) is 0 Å². The number of guanidine groups is 1. The third-order valence-corrected chi connectivity index (χ3v) is 4.72. The van der Waals surface area contributed by atoms with E-state index in [-0.39, 0.29) is 30.1 Å². The summed E-state index contributed by atoms with van der Waals surface area (Å²) in [5.74, 6) is 0.919. The number of ether oxygens (including phenoxy) is 2. The molecule has 1 aromatic heterocycles. The van der Waals surface area contributed by atoms with Gasteiger partial charge in [-0.3, -0.25) is 9.67 Å². The predicted octanol–water partition coefficient (Wildman–Crippen LogP) is 1.95. The van der Waals surface area contributed by atoms with Crippen molar-refractivity contribution >= 4 is 29.9 Å². The lowest BCUT2D eigenvalue weighted by Crippen LogP contribution is -2.48. The topological polar surface area (TPSA) is 63.9 Å². The predicted molar refractivity (Wildman–Crippen MR) is 108 cm³/mol. The van der Waals surface area contributed by atoms with Gasteiger partial charge in [-0.15, -0.1) is 24.0 Å². The molecule has 142 valence electrons. The van der Waals surface area contributed by atoms with Crippen molar-refractivity contribution < 1.29 is 9.47 Å². The van der Waals surface area contributed by atoms with Gasteiger partial charge in [0.05, 0.1) is 32.1 Å². The summed E-state index contributed by atoms with van der Waals surface area (Å²) in [4.78, 5) is 6.66. The Kier molecular flexibility index (Phi) is 8.44. The first kappa shape index (κ1) is 20.4. The van der Waals surface area contributed by atoms with E-state index >= 15 is 0 Å². The van der Waals surface area contributed by atoms with Gasteiger partial charge in [0.1, 0.15) is 6.10 Å². The number of nitrogens with one attached hydrogen (secondary N) is 1. The Morgan fingerprint density at radius 2 is 2.24 bits per heavy atom. The molecule has 3 rings (SSSR count). The van der Waals surface area contributed by atoms with Gasteiger partial charge in [-0.25, -0.2) is 0 Å². The molecule has 0 spiro atoms. The molecule has 1 saturated carbocycles. The Labute approximate surface area is 167 Å². The highest BCUT2D eigenvalue weighted by atomic mass is 127. The van der Waals surface area contributed by atoms with Crippen LogP contribution in [0.5, 0.6) is 0 Å². The van der Waals surface area contributed by atoms with E-state index in [1.165, 1.54) is 25.7 Å². The molecular weight excluding hydrogens is 433 g/mol. The Morgan fingerprint density at radius 1 is 1.44 bits per heavy atom. The highest BCUT2D eigenvalue weighted by molar-refractivity contribution is 14.0. The number of aliphatic imine (C=N–C) groups is 1. The first-order valence-electron chi connectivity index (χ1n) is 8.93. The van der Waals surface area contributed by atoms with E-state index in [2.05, 4.69) is 20.3 Å². The van der Waals surface area contributed by atoms with Crippen LogP contribution in [-0.4, -0.2) is 66.6 Å². The summed E-state index contributed by atoms with van der Waals surface area (Å²) >= 11 is 0. The van der Waals surface area contributed by atoms with Crippen molar-refractivity contribution in [1.82, 2.24) is 20.0 Å². The number of aryl methyl sites for hydroxylation is 1. The van der Waals surface area contributed by atoms with Gasteiger partial charge in [-0.2, -0.15) is 5.10 Å². The SMILES string of the molecule is CN=C(NCCOC1CCCC1)N1CCOC(c2cnn(C)c2)C1.I. The minimum Gasteiger partial charge on any atom is -0.376 e. The van der Waals surface area contributed by atoms with Crippen LogP contribution in [0, 0.1) is 0 Å². The molecule has 1 aliphatic heterocycles. The second kappa shape index (κ2) is 10.3. The van der Waals surface area contributed by atoms with Gasteiger partial charge in [0, 0.05) is 38.9 Å². The maximum atomic E-state index is 5.91. The average Bonchev–Trinajstić information content (AvgIpc) is 3.27. The molecule has 2 aliphatic rings. The molecule has 2 heterocycles. The molecular formula is C17H30IN5O2. The van der Waals surface area contributed by atoms with E-state index in [0.717, 1.165) is 37.8 Å². The lowest BCUT2D eigenvalue weighted by Gasteiger charge is -2.34. The van der Waals surface area contributed by atoms with Crippen molar-refractivity contribution in [2.75, 3.05) is 39.9 Å². The number of halogens is 1. The van der Waals surface area contributed by atoms with Gasteiger partial charge in [-0.05, 0) is 12.8 Å². The zero-order valence-electron chi connectivity index (χ0n) is 15.2. The van der Waals surface area contributed by atoms with E-state index in [1.54, 1.807) is 0 Å². The van der Waals surface area contributed by atoms with E-state index in [1.807, 2.05) is 31.2 Å². The minimum absolute atomic E-state index is 0. The molecule has 1 saturated heterocycles. The number of rotatable bonds is 5. The zero-order chi connectivity index (χ0) is 16.8. The maximum absolute atomic E-state index is 5.91. The lowest BCUT2D eigenvalue weighted by atomic mass is 10.1. The quantitative estimate of drug-likeness (QED) is 0.313. The van der Waals surface area contributed by atoms with Crippen LogP contribution in [0.2, 0.25) is 0 Å². The largest absolute Gasteiger partial charge is 0.376 e. The fraction of sp³-hybridized carbons (Fsp3) is 0.765. The van der Waals surface area contributed by atoms with Crippen LogP contribution in [0.15, 0.2) is 17.4 Å². The summed E-state index contributed by atoms with van der Waals surface area (Å²) in [6.45, 7) is 3.85. The summed E-state index contributed by atoms with van der Waals surface area (Å²) in [5, 5.41) is 7.65. The molecule has 25 heavy (non-hydrogen) atoms. The number of morpholine rings is 1. The average molecular weight is 463 g/mol. The van der Waals surface area contributed by atoms with Crippen molar-refractivity contribution in [2.45, 2.75) is 37.9 Å². The molecule has 8 heteroatoms. The molecule has 0 bridgehead atoms. The van der Waals surface area contributed by atoms with E-state index < -0.39 is 0 Å². The summed E-state index contributed by atoms with van der Waals surface area (Å²) in [5.41, 5.74) is 1.11. The second-order valence-electron chi connectivity index (χ2n) is 6.50. The van der Waals surface area contributed by atoms with Crippen LogP contribution in [-0.2, 0) is 16.5 Å². The highest BCUT2D eigenvalue weighted by Gasteiger charge is 2.25. The number of hydrogen-bond donors (Lipinski definition) is 1. The number of aromatic nitrogens is 2. The lowest BCUT2D eigenvalue weighted by molar-refractivity contribution is -0.00828. The normalized spacial score (nSPS) is 22.1. The highest BCUT2D eigenvalue weighted by Crippen LogP contribution is 2.22. The molecule has 7 nitrogen and oxygen atoms in total. The molecule has 1 N–H and O–H groups in total. The molecule has 1 unspecified atom stereocenters. The van der Waals surface area contributed by atoms with Crippen molar-refractivity contribution in [2.24, 2.45) is 12.0 Å². The summed E-state index contributed by atoms with van der Waals surface area (Å²) in [6, 6.07) is 0. The van der Waals surface area contributed by atoms with Crippen molar-refractivity contribution in [3.63, 3.8) is 0 Å². The van der Waals surface area contributed by atoms with Gasteiger partial charge >= 0.3 is 0 Å². The van der Waals surface area contributed by atoms with Crippen LogP contribution in [0.25, 0.3) is 0 Å². The fourth-order valence-corrected chi connectivity index (χ4v) is 3.43. The Hall–Kier alpha value is -0.870. The van der Waals surface area contributed by atoms with Crippen LogP contribution >= 0.6 is 24.0 Å². The molecule has 0 amide bonds. The fourth-order valence-electron chi connectivity index (χ4n) is 3.43. The first-order valence-corrected chi connectivity index (χ1v) is 8.93. The van der Waals surface area contributed by atoms with Crippen molar-refractivity contribution in [3.8, 4) is 0 Å². The van der Waals surface area contributed by atoms with Gasteiger partial charge in [0.2, 0.25) is 0 Å². The third kappa shape index (κ3) is 5.82. The minimum atomic E-state index is 0. The standard InChI is InChI=1S/C17H29N5O2.HI/c1-18-17(19-7-9-23-15-5-3-4-6-15)22-8-10-24-16(13-22)14-11-20-21(2)12-14;/h11-12,15-16H,3-10,13H2,1-2H3,(H,18,19);1H. The molecule has 2 fully saturated rings. The number of nitrogens with zero attached hydrogens (tertiary/aromatic N) is 4. The molecule has 1 aromatic rings. The summed E-state index contributed by atoms with van der Waals surface area (Å²) < 4.78 is 13.6. The van der Waals surface area contributed by atoms with Crippen molar-refractivity contribution in [3.05, 3.63) is 18.0 Å². The van der Waals surface area contributed by atoms with Gasteiger partial charge in [0.25, 0.3) is 0 Å². The Bertz CT molecular complexity index is 545. The molecule has 0 aromatic carbocycles. The third-order valence-electron chi connectivity index (χ3n) is 4.72. The van der Waals surface area contributed by atoms with Gasteiger partial charge in [-0.1, -0.05) is 12.8 Å². The maximum Gasteiger partial charge on any atom is 0.193 e. The van der Waals surface area contributed by atoms with Crippen LogP contribution in [0.1, 0.15) is 37.4 Å². The summed E-state index contributed by atoms with van der Waals surface area (Å²) in [7, 11) is 3.75. The Morgan fingerprint density at radius 3 is 2.92 bits per heavy atom. The summed E-state index contributed by atoms with van der Waals surface area (Å²) in [6.07, 6.45) is 9.44. The van der Waals surface area contributed by atoms with Crippen LogP contribution in [0.3, 0.4) is 0 Å². The molecule has 1 aliphatic carbocycles. The molecule has 1 atom stereocenters. The van der Waals surface area contributed by atoms with Gasteiger partial charge in [0.15, 0.2) is 5.96 Å². The number of hydrogen-bond acceptors (Lipinski definition) is 4. The smallest absolute Gasteiger partial charge is 0.193 e. The van der Waals surface area contributed by atoms with E-state index in [0.29, 0.717) is 12.7 Å². The van der Waals surface area contributed by atoms with E-state index in [4.69, 9.17) is 9.47 Å². The van der Waals surface area contributed by atoms with Crippen LogP contribution < -0.4 is 5.32 Å². The zero-order valence-corrected chi connectivity index (χ0v) is 17.5. The van der Waals surface area contributed by atoms with Gasteiger partial charge < -0.3 is 19.7 Å². The first-order chi connectivity index (χ1) is 11.8. The molecule has 0 radical (unpaired) electrons.